The van der Waals surface area contributed by atoms with Crippen LogP contribution in [0.15, 0.2) is 51.7 Å². The molecule has 112 valence electrons. The number of hydrogen-bond donors (Lipinski definition) is 1. The van der Waals surface area contributed by atoms with Gasteiger partial charge in [-0.2, -0.15) is 0 Å². The molecule has 0 saturated heterocycles. The highest BCUT2D eigenvalue weighted by Crippen LogP contribution is 2.30. The largest absolute Gasteiger partial charge is 0.481 e. The van der Waals surface area contributed by atoms with Crippen LogP contribution in [0, 0.1) is 0 Å². The average molecular weight is 380 g/mol. The Morgan fingerprint density at radius 3 is 2.82 bits per heavy atom. The van der Waals surface area contributed by atoms with E-state index < -0.39 is 6.10 Å². The zero-order valence-electron chi connectivity index (χ0n) is 11.6. The first-order valence-electron chi connectivity index (χ1n) is 6.65. The molecular formula is C16H12BrClN2O2. The summed E-state index contributed by atoms with van der Waals surface area (Å²) >= 11 is 9.48. The van der Waals surface area contributed by atoms with Crippen molar-refractivity contribution in [3.05, 3.63) is 68.1 Å². The fraction of sp³-hybridized carbons (Fsp3) is 0.125. The molecule has 0 aliphatic heterocycles. The number of ether oxygens (including phenoxy) is 1. The average Bonchev–Trinajstić information content (AvgIpc) is 2.50. The molecule has 0 spiro atoms. The molecule has 0 aliphatic rings. The lowest BCUT2D eigenvalue weighted by molar-refractivity contribution is 0.216. The number of aromatic nitrogens is 2. The molecular weight excluding hydrogens is 368 g/mol. The van der Waals surface area contributed by atoms with Crippen molar-refractivity contribution in [1.29, 1.82) is 0 Å². The number of halogens is 2. The zero-order valence-corrected chi connectivity index (χ0v) is 14.0. The van der Waals surface area contributed by atoms with E-state index in [0.29, 0.717) is 27.5 Å². The zero-order chi connectivity index (χ0) is 15.7. The molecule has 3 rings (SSSR count). The molecule has 0 fully saturated rings. The van der Waals surface area contributed by atoms with Crippen molar-refractivity contribution in [3.63, 3.8) is 0 Å². The fourth-order valence-corrected chi connectivity index (χ4v) is 2.83. The van der Waals surface area contributed by atoms with Gasteiger partial charge in [-0.05, 0) is 37.3 Å². The number of nitrogens with zero attached hydrogens (tertiary/aromatic N) is 1. The Morgan fingerprint density at radius 1 is 1.27 bits per heavy atom. The topological polar surface area (TPSA) is 55.0 Å². The lowest BCUT2D eigenvalue weighted by atomic mass is 10.2. The van der Waals surface area contributed by atoms with E-state index in [1.54, 1.807) is 30.3 Å². The predicted molar refractivity (Wildman–Crippen MR) is 90.6 cm³/mol. The molecule has 22 heavy (non-hydrogen) atoms. The van der Waals surface area contributed by atoms with E-state index in [-0.39, 0.29) is 5.56 Å². The van der Waals surface area contributed by atoms with Gasteiger partial charge in [-0.1, -0.05) is 39.7 Å². The SMILES string of the molecule is C[C@@H](Oc1ccc(Br)cc1Cl)c1nc2ccccc2c(=O)[nH]1. The van der Waals surface area contributed by atoms with Crippen LogP contribution >= 0.6 is 27.5 Å². The number of H-pyrrole nitrogens is 1. The Kier molecular flexibility index (Phi) is 4.18. The normalized spacial score (nSPS) is 12.3. The van der Waals surface area contributed by atoms with Crippen LogP contribution in [0.1, 0.15) is 18.9 Å². The molecule has 1 atom stereocenters. The Labute approximate surface area is 140 Å². The number of fused-ring (bicyclic) bond motifs is 1. The summed E-state index contributed by atoms with van der Waals surface area (Å²) in [6.45, 7) is 1.81. The van der Waals surface area contributed by atoms with Crippen LogP contribution in [-0.4, -0.2) is 9.97 Å². The maximum Gasteiger partial charge on any atom is 0.258 e. The minimum absolute atomic E-state index is 0.182. The first kappa shape index (κ1) is 15.1. The van der Waals surface area contributed by atoms with Crippen molar-refractivity contribution in [3.8, 4) is 5.75 Å². The van der Waals surface area contributed by atoms with Gasteiger partial charge in [0.2, 0.25) is 0 Å². The molecule has 4 nitrogen and oxygen atoms in total. The van der Waals surface area contributed by atoms with E-state index in [1.807, 2.05) is 19.1 Å². The predicted octanol–water partition coefficient (Wildman–Crippen LogP) is 4.48. The third kappa shape index (κ3) is 3.00. The molecule has 0 amide bonds. The summed E-state index contributed by atoms with van der Waals surface area (Å²) in [6, 6.07) is 12.5. The molecule has 0 radical (unpaired) electrons. The third-order valence-corrected chi connectivity index (χ3v) is 4.00. The second-order valence-corrected chi connectivity index (χ2v) is 6.13. The van der Waals surface area contributed by atoms with E-state index in [9.17, 15) is 4.79 Å². The summed E-state index contributed by atoms with van der Waals surface area (Å²) in [5.74, 6) is 0.996. The summed E-state index contributed by atoms with van der Waals surface area (Å²) in [5.41, 5.74) is 0.455. The van der Waals surface area contributed by atoms with Gasteiger partial charge < -0.3 is 9.72 Å². The maximum atomic E-state index is 12.1. The van der Waals surface area contributed by atoms with Gasteiger partial charge in [0, 0.05) is 4.47 Å². The van der Waals surface area contributed by atoms with Gasteiger partial charge in [-0.15, -0.1) is 0 Å². The van der Waals surface area contributed by atoms with Gasteiger partial charge in [0.25, 0.3) is 5.56 Å². The summed E-state index contributed by atoms with van der Waals surface area (Å²) in [4.78, 5) is 19.3. The van der Waals surface area contributed by atoms with Gasteiger partial charge in [0.1, 0.15) is 5.75 Å². The van der Waals surface area contributed by atoms with Gasteiger partial charge >= 0.3 is 0 Å². The third-order valence-electron chi connectivity index (χ3n) is 3.21. The first-order valence-corrected chi connectivity index (χ1v) is 7.82. The van der Waals surface area contributed by atoms with Crippen molar-refractivity contribution in [2.75, 3.05) is 0 Å². The highest BCUT2D eigenvalue weighted by atomic mass is 79.9. The Hall–Kier alpha value is -1.85. The van der Waals surface area contributed by atoms with Crippen LogP contribution in [0.5, 0.6) is 5.75 Å². The number of nitrogens with one attached hydrogen (secondary N) is 1. The molecule has 1 heterocycles. The molecule has 0 aliphatic carbocycles. The quantitative estimate of drug-likeness (QED) is 0.730. The van der Waals surface area contributed by atoms with Gasteiger partial charge in [-0.3, -0.25) is 4.79 Å². The fourth-order valence-electron chi connectivity index (χ4n) is 2.11. The molecule has 1 N–H and O–H groups in total. The molecule has 0 bridgehead atoms. The smallest absolute Gasteiger partial charge is 0.258 e. The number of aromatic amines is 1. The van der Waals surface area contributed by atoms with E-state index >= 15 is 0 Å². The highest BCUT2D eigenvalue weighted by molar-refractivity contribution is 9.10. The minimum Gasteiger partial charge on any atom is -0.481 e. The molecule has 3 aromatic rings. The maximum absolute atomic E-state index is 12.1. The van der Waals surface area contributed by atoms with Crippen LogP contribution in [0.25, 0.3) is 10.9 Å². The Balaban J connectivity index is 1.95. The number of benzene rings is 2. The monoisotopic (exact) mass is 378 g/mol. The summed E-state index contributed by atoms with van der Waals surface area (Å²) in [5, 5.41) is 1.05. The molecule has 1 aromatic heterocycles. The van der Waals surface area contributed by atoms with Crippen molar-refractivity contribution in [2.24, 2.45) is 0 Å². The standard InChI is InChI=1S/C16H12BrClN2O2/c1-9(22-14-7-6-10(17)8-12(14)18)15-19-13-5-3-2-4-11(13)16(21)20-15/h2-9H,1H3,(H,19,20,21)/t9-/m1/s1. The van der Waals surface area contributed by atoms with Crippen LogP contribution in [0.4, 0.5) is 0 Å². The van der Waals surface area contributed by atoms with E-state index in [4.69, 9.17) is 16.3 Å². The Morgan fingerprint density at radius 2 is 2.05 bits per heavy atom. The van der Waals surface area contributed by atoms with Gasteiger partial charge in [0.15, 0.2) is 11.9 Å². The van der Waals surface area contributed by atoms with Crippen molar-refractivity contribution < 1.29 is 4.74 Å². The van der Waals surface area contributed by atoms with Crippen molar-refractivity contribution >= 4 is 38.4 Å². The molecule has 0 saturated carbocycles. The second kappa shape index (κ2) is 6.10. The van der Waals surface area contributed by atoms with E-state index in [0.717, 1.165) is 4.47 Å². The minimum atomic E-state index is -0.434. The second-order valence-electron chi connectivity index (χ2n) is 4.80. The summed E-state index contributed by atoms with van der Waals surface area (Å²) < 4.78 is 6.67. The van der Waals surface area contributed by atoms with Crippen LogP contribution in [-0.2, 0) is 0 Å². The lowest BCUT2D eigenvalue weighted by Crippen LogP contribution is -2.16. The van der Waals surface area contributed by atoms with Gasteiger partial charge in [0.05, 0.1) is 15.9 Å². The van der Waals surface area contributed by atoms with E-state index in [2.05, 4.69) is 25.9 Å². The first-order chi connectivity index (χ1) is 10.5. The number of rotatable bonds is 3. The van der Waals surface area contributed by atoms with Crippen molar-refractivity contribution in [2.45, 2.75) is 13.0 Å². The number of para-hydroxylation sites is 1. The van der Waals surface area contributed by atoms with Crippen LogP contribution in [0.2, 0.25) is 5.02 Å². The van der Waals surface area contributed by atoms with Crippen molar-refractivity contribution in [1.82, 2.24) is 9.97 Å². The lowest BCUT2D eigenvalue weighted by Gasteiger charge is -2.15. The van der Waals surface area contributed by atoms with E-state index in [1.165, 1.54) is 0 Å². The molecule has 0 unspecified atom stereocenters. The molecule has 6 heteroatoms. The van der Waals surface area contributed by atoms with Crippen LogP contribution < -0.4 is 10.3 Å². The van der Waals surface area contributed by atoms with Gasteiger partial charge in [-0.25, -0.2) is 4.98 Å². The Bertz CT molecular complexity index is 895. The highest BCUT2D eigenvalue weighted by Gasteiger charge is 2.14. The van der Waals surface area contributed by atoms with Crippen LogP contribution in [0.3, 0.4) is 0 Å². The number of hydrogen-bond acceptors (Lipinski definition) is 3. The summed E-state index contributed by atoms with van der Waals surface area (Å²) in [7, 11) is 0. The summed E-state index contributed by atoms with van der Waals surface area (Å²) in [6.07, 6.45) is -0.434. The molecule has 2 aromatic carbocycles.